The molecule has 106 valence electrons. The Bertz CT molecular complexity index is 715. The van der Waals surface area contributed by atoms with Crippen molar-refractivity contribution in [3.63, 3.8) is 0 Å². The summed E-state index contributed by atoms with van der Waals surface area (Å²) in [5.41, 5.74) is 3.45. The van der Waals surface area contributed by atoms with Crippen LogP contribution in [0.15, 0.2) is 60.9 Å². The first-order valence-electron chi connectivity index (χ1n) is 6.82. The maximum atomic E-state index is 13.7. The number of hydrogen-bond acceptors (Lipinski definition) is 2. The SMILES string of the molecule is Cc1cccc(F)c1NCc1cnn(-c2ccccc2)c1. The minimum absolute atomic E-state index is 0.231. The van der Waals surface area contributed by atoms with Crippen LogP contribution in [0.5, 0.6) is 0 Å². The lowest BCUT2D eigenvalue weighted by Crippen LogP contribution is -2.02. The van der Waals surface area contributed by atoms with Crippen LogP contribution in [0.25, 0.3) is 5.69 Å². The zero-order valence-electron chi connectivity index (χ0n) is 11.8. The van der Waals surface area contributed by atoms with Gasteiger partial charge in [0.15, 0.2) is 0 Å². The maximum absolute atomic E-state index is 13.7. The third kappa shape index (κ3) is 2.94. The van der Waals surface area contributed by atoms with E-state index in [2.05, 4.69) is 10.4 Å². The van der Waals surface area contributed by atoms with Crippen molar-refractivity contribution in [1.82, 2.24) is 9.78 Å². The molecule has 0 aliphatic carbocycles. The lowest BCUT2D eigenvalue weighted by molar-refractivity contribution is 0.629. The Labute approximate surface area is 123 Å². The van der Waals surface area contributed by atoms with Crippen molar-refractivity contribution in [1.29, 1.82) is 0 Å². The molecule has 0 saturated carbocycles. The summed E-state index contributed by atoms with van der Waals surface area (Å²) in [4.78, 5) is 0. The van der Waals surface area contributed by atoms with Gasteiger partial charge in [0, 0.05) is 18.3 Å². The Morgan fingerprint density at radius 1 is 1.10 bits per heavy atom. The summed E-state index contributed by atoms with van der Waals surface area (Å²) in [6.45, 7) is 2.42. The molecule has 3 rings (SSSR count). The highest BCUT2D eigenvalue weighted by atomic mass is 19.1. The largest absolute Gasteiger partial charge is 0.378 e. The van der Waals surface area contributed by atoms with Gasteiger partial charge in [0.1, 0.15) is 5.82 Å². The van der Waals surface area contributed by atoms with Crippen molar-refractivity contribution >= 4 is 5.69 Å². The highest BCUT2D eigenvalue weighted by Crippen LogP contribution is 2.19. The highest BCUT2D eigenvalue weighted by Gasteiger charge is 2.06. The van der Waals surface area contributed by atoms with E-state index in [1.807, 2.05) is 54.2 Å². The molecule has 0 saturated heterocycles. The number of anilines is 1. The molecule has 0 unspecified atom stereocenters. The van der Waals surface area contributed by atoms with Gasteiger partial charge in [0.05, 0.1) is 17.6 Å². The number of rotatable bonds is 4. The molecule has 2 aromatic carbocycles. The Morgan fingerprint density at radius 2 is 1.90 bits per heavy atom. The van der Waals surface area contributed by atoms with Crippen molar-refractivity contribution in [2.45, 2.75) is 13.5 Å². The van der Waals surface area contributed by atoms with Crippen molar-refractivity contribution in [2.75, 3.05) is 5.32 Å². The van der Waals surface area contributed by atoms with E-state index in [0.29, 0.717) is 12.2 Å². The predicted octanol–water partition coefficient (Wildman–Crippen LogP) is 3.93. The Morgan fingerprint density at radius 3 is 2.67 bits per heavy atom. The van der Waals surface area contributed by atoms with Gasteiger partial charge in [0.2, 0.25) is 0 Å². The summed E-state index contributed by atoms with van der Waals surface area (Å²) in [5, 5.41) is 7.46. The van der Waals surface area contributed by atoms with Crippen molar-refractivity contribution in [3.8, 4) is 5.69 Å². The van der Waals surface area contributed by atoms with Crippen molar-refractivity contribution in [3.05, 3.63) is 77.9 Å². The minimum atomic E-state index is -0.231. The van der Waals surface area contributed by atoms with Gasteiger partial charge in [-0.2, -0.15) is 5.10 Å². The smallest absolute Gasteiger partial charge is 0.146 e. The van der Waals surface area contributed by atoms with Gasteiger partial charge in [-0.1, -0.05) is 30.3 Å². The Kier molecular flexibility index (Phi) is 3.69. The van der Waals surface area contributed by atoms with Crippen LogP contribution >= 0.6 is 0 Å². The van der Waals surface area contributed by atoms with Crippen LogP contribution in [0, 0.1) is 12.7 Å². The molecule has 0 amide bonds. The molecular weight excluding hydrogens is 265 g/mol. The Balaban J connectivity index is 1.74. The van der Waals surface area contributed by atoms with E-state index in [1.54, 1.807) is 12.3 Å². The van der Waals surface area contributed by atoms with Crippen LogP contribution in [-0.2, 0) is 6.54 Å². The summed E-state index contributed by atoms with van der Waals surface area (Å²) in [6, 6.07) is 15.0. The zero-order chi connectivity index (χ0) is 14.7. The summed E-state index contributed by atoms with van der Waals surface area (Å²) < 4.78 is 15.6. The molecule has 1 aromatic heterocycles. The number of aryl methyl sites for hydroxylation is 1. The van der Waals surface area contributed by atoms with E-state index in [0.717, 1.165) is 16.8 Å². The van der Waals surface area contributed by atoms with Crippen LogP contribution in [0.3, 0.4) is 0 Å². The van der Waals surface area contributed by atoms with E-state index >= 15 is 0 Å². The molecule has 0 fully saturated rings. The maximum Gasteiger partial charge on any atom is 0.146 e. The van der Waals surface area contributed by atoms with Gasteiger partial charge in [-0.05, 0) is 30.7 Å². The lowest BCUT2D eigenvalue weighted by atomic mass is 10.2. The number of halogens is 1. The molecular formula is C17H16FN3. The summed E-state index contributed by atoms with van der Waals surface area (Å²) in [5.74, 6) is -0.231. The van der Waals surface area contributed by atoms with Crippen LogP contribution in [0.4, 0.5) is 10.1 Å². The van der Waals surface area contributed by atoms with Crippen LogP contribution < -0.4 is 5.32 Å². The quantitative estimate of drug-likeness (QED) is 0.785. The van der Waals surface area contributed by atoms with E-state index in [1.165, 1.54) is 6.07 Å². The number of nitrogens with one attached hydrogen (secondary N) is 1. The molecule has 0 aliphatic rings. The number of hydrogen-bond donors (Lipinski definition) is 1. The monoisotopic (exact) mass is 281 g/mol. The fourth-order valence-corrected chi connectivity index (χ4v) is 2.22. The number of para-hydroxylation sites is 2. The number of aromatic nitrogens is 2. The van der Waals surface area contributed by atoms with E-state index in [4.69, 9.17) is 0 Å². The second-order valence-corrected chi connectivity index (χ2v) is 4.91. The van der Waals surface area contributed by atoms with Gasteiger partial charge in [0.25, 0.3) is 0 Å². The van der Waals surface area contributed by atoms with Gasteiger partial charge in [-0.3, -0.25) is 0 Å². The summed E-state index contributed by atoms with van der Waals surface area (Å²) in [7, 11) is 0. The third-order valence-electron chi connectivity index (χ3n) is 3.35. The van der Waals surface area contributed by atoms with Gasteiger partial charge < -0.3 is 5.32 Å². The van der Waals surface area contributed by atoms with Crippen molar-refractivity contribution < 1.29 is 4.39 Å². The first-order valence-corrected chi connectivity index (χ1v) is 6.82. The summed E-state index contributed by atoms with van der Waals surface area (Å²) in [6.07, 6.45) is 3.73. The minimum Gasteiger partial charge on any atom is -0.378 e. The number of benzene rings is 2. The molecule has 1 N–H and O–H groups in total. The third-order valence-corrected chi connectivity index (χ3v) is 3.35. The van der Waals surface area contributed by atoms with E-state index < -0.39 is 0 Å². The average Bonchev–Trinajstić information content (AvgIpc) is 2.97. The van der Waals surface area contributed by atoms with E-state index in [-0.39, 0.29) is 5.82 Å². The second kappa shape index (κ2) is 5.79. The lowest BCUT2D eigenvalue weighted by Gasteiger charge is -2.09. The summed E-state index contributed by atoms with van der Waals surface area (Å²) >= 11 is 0. The molecule has 0 spiro atoms. The topological polar surface area (TPSA) is 29.9 Å². The second-order valence-electron chi connectivity index (χ2n) is 4.91. The molecule has 0 bridgehead atoms. The molecule has 0 aliphatic heterocycles. The van der Waals surface area contributed by atoms with Crippen molar-refractivity contribution in [2.24, 2.45) is 0 Å². The van der Waals surface area contributed by atoms with Crippen LogP contribution in [-0.4, -0.2) is 9.78 Å². The fraction of sp³-hybridized carbons (Fsp3) is 0.118. The van der Waals surface area contributed by atoms with Gasteiger partial charge in [-0.15, -0.1) is 0 Å². The molecule has 1 heterocycles. The molecule has 0 radical (unpaired) electrons. The van der Waals surface area contributed by atoms with Gasteiger partial charge >= 0.3 is 0 Å². The van der Waals surface area contributed by atoms with Crippen LogP contribution in [0.1, 0.15) is 11.1 Å². The Hall–Kier alpha value is -2.62. The first kappa shape index (κ1) is 13.4. The molecule has 0 atom stereocenters. The highest BCUT2D eigenvalue weighted by molar-refractivity contribution is 5.51. The van der Waals surface area contributed by atoms with Gasteiger partial charge in [-0.25, -0.2) is 9.07 Å². The standard InChI is InChI=1S/C17H16FN3/c1-13-6-5-9-16(18)17(13)19-10-14-11-20-21(12-14)15-7-3-2-4-8-15/h2-9,11-12,19H,10H2,1H3. The normalized spacial score (nSPS) is 10.6. The number of nitrogens with zero attached hydrogens (tertiary/aromatic N) is 2. The molecule has 21 heavy (non-hydrogen) atoms. The zero-order valence-corrected chi connectivity index (χ0v) is 11.8. The predicted molar refractivity (Wildman–Crippen MR) is 82.0 cm³/mol. The fourth-order valence-electron chi connectivity index (χ4n) is 2.22. The van der Waals surface area contributed by atoms with Crippen LogP contribution in [0.2, 0.25) is 0 Å². The molecule has 4 heteroatoms. The molecule has 3 nitrogen and oxygen atoms in total. The van der Waals surface area contributed by atoms with E-state index in [9.17, 15) is 4.39 Å². The molecule has 3 aromatic rings. The first-order chi connectivity index (χ1) is 10.2. The average molecular weight is 281 g/mol.